The van der Waals surface area contributed by atoms with Crippen LogP contribution in [-0.2, 0) is 17.6 Å². The van der Waals surface area contributed by atoms with E-state index in [4.69, 9.17) is 10.5 Å². The summed E-state index contributed by atoms with van der Waals surface area (Å²) >= 11 is 0. The molecule has 0 heterocycles. The van der Waals surface area contributed by atoms with Gasteiger partial charge in [-0.2, -0.15) is 0 Å². The number of phenols is 2. The first-order valence-electron chi connectivity index (χ1n) is 10.8. The molecule has 2 atom stereocenters. The van der Waals surface area contributed by atoms with Gasteiger partial charge in [-0.05, 0) is 31.7 Å². The number of carbonyl (C=O) groups excluding carboxylic acids is 3. The van der Waals surface area contributed by atoms with Crippen molar-refractivity contribution in [2.24, 2.45) is 11.7 Å². The number of nitrogens with two attached hydrogens (primary N) is 1. The number of hydrogen-bond acceptors (Lipinski definition) is 7. The summed E-state index contributed by atoms with van der Waals surface area (Å²) < 4.78 is 30.3. The van der Waals surface area contributed by atoms with Gasteiger partial charge in [0, 0.05) is 29.2 Å². The Labute approximate surface area is 193 Å². The first kappa shape index (κ1) is 23.6. The van der Waals surface area contributed by atoms with Crippen LogP contribution in [0, 0.1) is 5.92 Å². The van der Waals surface area contributed by atoms with Gasteiger partial charge in [-0.25, -0.2) is 8.78 Å². The fourth-order valence-electron chi connectivity index (χ4n) is 4.66. The lowest BCUT2D eigenvalue weighted by atomic mass is 9.75. The Morgan fingerprint density at radius 3 is 2.50 bits per heavy atom. The van der Waals surface area contributed by atoms with E-state index in [2.05, 4.69) is 5.32 Å². The van der Waals surface area contributed by atoms with E-state index in [0.29, 0.717) is 12.0 Å². The highest BCUT2D eigenvalue weighted by molar-refractivity contribution is 6.31. The summed E-state index contributed by atoms with van der Waals surface area (Å²) in [6, 6.07) is 3.17. The van der Waals surface area contributed by atoms with Crippen LogP contribution < -0.4 is 15.8 Å². The van der Waals surface area contributed by atoms with Crippen LogP contribution in [0.1, 0.15) is 55.8 Å². The van der Waals surface area contributed by atoms with Crippen LogP contribution in [0.2, 0.25) is 0 Å². The van der Waals surface area contributed by atoms with Crippen molar-refractivity contribution >= 4 is 17.5 Å². The first-order chi connectivity index (χ1) is 16.2. The Kier molecular flexibility index (Phi) is 6.26. The number of ketones is 2. The second-order valence-corrected chi connectivity index (χ2v) is 8.46. The summed E-state index contributed by atoms with van der Waals surface area (Å²) in [6.07, 6.45) is -2.29. The fraction of sp³-hybridized carbons (Fsp3) is 0.375. The molecule has 2 aromatic rings. The normalized spacial score (nSPS) is 17.6. The molecule has 0 fully saturated rings. The van der Waals surface area contributed by atoms with E-state index in [-0.39, 0.29) is 65.1 Å². The maximum Gasteiger partial charge on any atom is 0.253 e. The molecule has 2 unspecified atom stereocenters. The van der Waals surface area contributed by atoms with Gasteiger partial charge < -0.3 is 26.0 Å². The molecule has 180 valence electrons. The molecule has 5 N–H and O–H groups in total. The molecule has 0 radical (unpaired) electrons. The first-order valence-corrected chi connectivity index (χ1v) is 10.8. The summed E-state index contributed by atoms with van der Waals surface area (Å²) in [5.41, 5.74) is 5.31. The van der Waals surface area contributed by atoms with Gasteiger partial charge in [0.15, 0.2) is 5.78 Å². The average Bonchev–Trinajstić information content (AvgIpc) is 2.83. The van der Waals surface area contributed by atoms with Gasteiger partial charge in [-0.15, -0.1) is 0 Å². The molecule has 0 bridgehead atoms. The van der Waals surface area contributed by atoms with Crippen molar-refractivity contribution in [1.82, 2.24) is 5.32 Å². The van der Waals surface area contributed by atoms with Gasteiger partial charge in [-0.1, -0.05) is 12.1 Å². The Morgan fingerprint density at radius 1 is 1.15 bits per heavy atom. The van der Waals surface area contributed by atoms with Gasteiger partial charge in [0.05, 0.1) is 29.8 Å². The molecule has 2 aliphatic carbocycles. The number of aromatic hydroxyl groups is 2. The molecule has 10 heteroatoms. The molecule has 0 saturated carbocycles. The lowest BCUT2D eigenvalue weighted by Gasteiger charge is -2.29. The SMILES string of the molecule is COc1cccc2c1C(=O)c1c(O)c3c(c(O)c1C2=O)CC(C(=O)NCCC(N)C(F)F)CC3. The standard InChI is InChI=1S/C24H24F2N2O6/c1-34-15-4-2-3-12-16(15)22(32)18-17(20(12)30)21(31)13-9-10(5-6-11(13)19(18)29)24(33)28-8-7-14(27)23(25)26/h2-4,10,14,23,29,31H,5-9,27H2,1H3,(H,28,33). The summed E-state index contributed by atoms with van der Waals surface area (Å²) in [5.74, 6) is -2.92. The monoisotopic (exact) mass is 474 g/mol. The zero-order valence-corrected chi connectivity index (χ0v) is 18.4. The van der Waals surface area contributed by atoms with Crippen molar-refractivity contribution in [3.63, 3.8) is 0 Å². The Morgan fingerprint density at radius 2 is 1.82 bits per heavy atom. The van der Waals surface area contributed by atoms with E-state index in [1.165, 1.54) is 19.2 Å². The predicted molar refractivity (Wildman–Crippen MR) is 117 cm³/mol. The number of amides is 1. The number of rotatable bonds is 6. The van der Waals surface area contributed by atoms with Gasteiger partial charge in [0.2, 0.25) is 11.7 Å². The van der Waals surface area contributed by atoms with Crippen molar-refractivity contribution in [2.45, 2.75) is 38.2 Å². The van der Waals surface area contributed by atoms with Crippen LogP contribution >= 0.6 is 0 Å². The number of methoxy groups -OCH3 is 1. The molecular weight excluding hydrogens is 450 g/mol. The number of hydrogen-bond donors (Lipinski definition) is 4. The minimum absolute atomic E-state index is 0.0151. The Hall–Kier alpha value is -3.53. The fourth-order valence-corrected chi connectivity index (χ4v) is 4.66. The van der Waals surface area contributed by atoms with E-state index in [1.54, 1.807) is 6.07 Å². The third kappa shape index (κ3) is 3.77. The molecule has 0 aliphatic heterocycles. The molecule has 0 aromatic heterocycles. The molecule has 0 saturated heterocycles. The number of benzene rings is 2. The molecule has 34 heavy (non-hydrogen) atoms. The highest BCUT2D eigenvalue weighted by Crippen LogP contribution is 2.47. The molecular formula is C24H24F2N2O6. The van der Waals surface area contributed by atoms with Crippen LogP contribution in [0.5, 0.6) is 17.2 Å². The van der Waals surface area contributed by atoms with Crippen molar-refractivity contribution in [3.8, 4) is 17.2 Å². The van der Waals surface area contributed by atoms with Crippen LogP contribution in [0.3, 0.4) is 0 Å². The van der Waals surface area contributed by atoms with Gasteiger partial charge >= 0.3 is 0 Å². The van der Waals surface area contributed by atoms with Crippen LogP contribution in [0.25, 0.3) is 0 Å². The highest BCUT2D eigenvalue weighted by Gasteiger charge is 2.41. The van der Waals surface area contributed by atoms with Gasteiger partial charge in [0.1, 0.15) is 17.2 Å². The number of alkyl halides is 2. The van der Waals surface area contributed by atoms with Crippen LogP contribution in [-0.4, -0.2) is 53.8 Å². The summed E-state index contributed by atoms with van der Waals surface area (Å²) in [4.78, 5) is 39.1. The number of ether oxygens (including phenoxy) is 1. The summed E-state index contributed by atoms with van der Waals surface area (Å²) in [7, 11) is 1.36. The predicted octanol–water partition coefficient (Wildman–Crippen LogP) is 2.09. The maximum atomic E-state index is 13.3. The molecule has 0 spiro atoms. The largest absolute Gasteiger partial charge is 0.507 e. The maximum absolute atomic E-state index is 13.3. The average molecular weight is 474 g/mol. The van der Waals surface area contributed by atoms with Crippen molar-refractivity contribution < 1.29 is 38.1 Å². The van der Waals surface area contributed by atoms with Crippen molar-refractivity contribution in [2.75, 3.05) is 13.7 Å². The molecule has 4 rings (SSSR count). The minimum Gasteiger partial charge on any atom is -0.507 e. The number of phenolic OH excluding ortho intramolecular Hbond substituents is 2. The zero-order valence-electron chi connectivity index (χ0n) is 18.4. The number of fused-ring (bicyclic) bond motifs is 3. The Bertz CT molecular complexity index is 1200. The van der Waals surface area contributed by atoms with Crippen LogP contribution in [0.4, 0.5) is 8.78 Å². The topological polar surface area (TPSA) is 139 Å². The molecule has 8 nitrogen and oxygen atoms in total. The quantitative estimate of drug-likeness (QED) is 0.401. The smallest absolute Gasteiger partial charge is 0.253 e. The van der Waals surface area contributed by atoms with Gasteiger partial charge in [0.25, 0.3) is 6.43 Å². The molecule has 2 aromatic carbocycles. The van der Waals surface area contributed by atoms with Crippen molar-refractivity contribution in [3.05, 3.63) is 51.6 Å². The van der Waals surface area contributed by atoms with E-state index in [9.17, 15) is 33.4 Å². The number of nitrogens with one attached hydrogen (secondary N) is 1. The molecule has 2 aliphatic rings. The second-order valence-electron chi connectivity index (χ2n) is 8.46. The third-order valence-corrected chi connectivity index (χ3v) is 6.50. The lowest BCUT2D eigenvalue weighted by Crippen LogP contribution is -2.38. The Balaban J connectivity index is 1.65. The molecule has 1 amide bonds. The summed E-state index contributed by atoms with van der Waals surface area (Å²) in [6.45, 7) is -0.0271. The minimum atomic E-state index is -2.69. The number of carbonyl (C=O) groups is 3. The van der Waals surface area contributed by atoms with E-state index >= 15 is 0 Å². The second kappa shape index (κ2) is 9.02. The summed E-state index contributed by atoms with van der Waals surface area (Å²) in [5, 5.41) is 24.5. The lowest BCUT2D eigenvalue weighted by molar-refractivity contribution is -0.125. The van der Waals surface area contributed by atoms with E-state index in [0.717, 1.165) is 0 Å². The number of halogens is 2. The van der Waals surface area contributed by atoms with E-state index < -0.39 is 41.6 Å². The van der Waals surface area contributed by atoms with Gasteiger partial charge in [-0.3, -0.25) is 14.4 Å². The van der Waals surface area contributed by atoms with Crippen molar-refractivity contribution in [1.29, 1.82) is 0 Å². The third-order valence-electron chi connectivity index (χ3n) is 6.50. The van der Waals surface area contributed by atoms with Crippen LogP contribution in [0.15, 0.2) is 18.2 Å². The highest BCUT2D eigenvalue weighted by atomic mass is 19.3. The van der Waals surface area contributed by atoms with E-state index in [1.807, 2.05) is 0 Å². The zero-order chi connectivity index (χ0) is 24.7.